The van der Waals surface area contributed by atoms with E-state index in [1.54, 1.807) is 0 Å². The quantitative estimate of drug-likeness (QED) is 0.786. The van der Waals surface area contributed by atoms with Crippen LogP contribution in [0.15, 0.2) is 18.3 Å². The summed E-state index contributed by atoms with van der Waals surface area (Å²) in [5.41, 5.74) is 2.47. The molecule has 3 heteroatoms. The van der Waals surface area contributed by atoms with Gasteiger partial charge < -0.3 is 10.1 Å². The first-order chi connectivity index (χ1) is 7.57. The lowest BCUT2D eigenvalue weighted by molar-refractivity contribution is 0.0767. The lowest BCUT2D eigenvalue weighted by atomic mass is 9.91. The number of rotatable bonds is 1. The van der Waals surface area contributed by atoms with Gasteiger partial charge in [-0.3, -0.25) is 4.98 Å². The lowest BCUT2D eigenvalue weighted by Gasteiger charge is -2.25. The second-order valence-electron chi connectivity index (χ2n) is 5.31. The SMILES string of the molecule is CC(C)(C)c1ccc([C@@H]2COCCN2)cn1. The molecule has 1 aromatic heterocycles. The van der Waals surface area contributed by atoms with Gasteiger partial charge in [-0.15, -0.1) is 0 Å². The van der Waals surface area contributed by atoms with E-state index >= 15 is 0 Å². The minimum Gasteiger partial charge on any atom is -0.378 e. The predicted octanol–water partition coefficient (Wildman–Crippen LogP) is 2.04. The molecule has 1 aliphatic rings. The van der Waals surface area contributed by atoms with Crippen LogP contribution >= 0.6 is 0 Å². The van der Waals surface area contributed by atoms with Gasteiger partial charge in [0.2, 0.25) is 0 Å². The van der Waals surface area contributed by atoms with E-state index in [9.17, 15) is 0 Å². The summed E-state index contributed by atoms with van der Waals surface area (Å²) in [5, 5.41) is 3.43. The van der Waals surface area contributed by atoms with E-state index in [4.69, 9.17) is 4.74 Å². The van der Waals surface area contributed by atoms with Crippen molar-refractivity contribution in [3.8, 4) is 0 Å². The molecule has 0 aliphatic carbocycles. The summed E-state index contributed by atoms with van der Waals surface area (Å²) in [6.07, 6.45) is 1.97. The summed E-state index contributed by atoms with van der Waals surface area (Å²) >= 11 is 0. The summed E-state index contributed by atoms with van der Waals surface area (Å²) in [5.74, 6) is 0. The summed E-state index contributed by atoms with van der Waals surface area (Å²) in [6.45, 7) is 9.01. The fourth-order valence-electron chi connectivity index (χ4n) is 1.83. The zero-order valence-electron chi connectivity index (χ0n) is 10.3. The molecular weight excluding hydrogens is 200 g/mol. The number of nitrogens with one attached hydrogen (secondary N) is 1. The first-order valence-corrected chi connectivity index (χ1v) is 5.85. The van der Waals surface area contributed by atoms with E-state index in [2.05, 4.69) is 43.2 Å². The Bertz CT molecular complexity index is 334. The maximum atomic E-state index is 5.44. The molecule has 1 saturated heterocycles. The standard InChI is InChI=1S/C13H20N2O/c1-13(2,3)12-5-4-10(8-15-12)11-9-16-7-6-14-11/h4-5,8,11,14H,6-7,9H2,1-3H3/t11-/m0/s1. The minimum atomic E-state index is 0.120. The van der Waals surface area contributed by atoms with Gasteiger partial charge in [0.05, 0.1) is 19.3 Å². The number of morpholine rings is 1. The highest BCUT2D eigenvalue weighted by Crippen LogP contribution is 2.22. The van der Waals surface area contributed by atoms with Crippen LogP contribution in [0.3, 0.4) is 0 Å². The van der Waals surface area contributed by atoms with E-state index in [-0.39, 0.29) is 5.41 Å². The van der Waals surface area contributed by atoms with Crippen molar-refractivity contribution < 1.29 is 4.74 Å². The second kappa shape index (κ2) is 4.52. The molecule has 0 amide bonds. The van der Waals surface area contributed by atoms with Gasteiger partial charge in [-0.1, -0.05) is 26.8 Å². The zero-order chi connectivity index (χ0) is 11.6. The Kier molecular flexibility index (Phi) is 3.26. The molecular formula is C13H20N2O. The third-order valence-electron chi connectivity index (χ3n) is 2.88. The fourth-order valence-corrected chi connectivity index (χ4v) is 1.83. The lowest BCUT2D eigenvalue weighted by Crippen LogP contribution is -2.34. The smallest absolute Gasteiger partial charge is 0.0662 e. The van der Waals surface area contributed by atoms with E-state index in [1.807, 2.05) is 6.20 Å². The van der Waals surface area contributed by atoms with E-state index in [0.717, 1.165) is 25.5 Å². The van der Waals surface area contributed by atoms with Crippen LogP contribution in [-0.4, -0.2) is 24.7 Å². The van der Waals surface area contributed by atoms with Crippen LogP contribution in [0, 0.1) is 0 Å². The minimum absolute atomic E-state index is 0.120. The number of ether oxygens (including phenoxy) is 1. The van der Waals surface area contributed by atoms with Crippen LogP contribution in [0.2, 0.25) is 0 Å². The van der Waals surface area contributed by atoms with Gasteiger partial charge in [-0.2, -0.15) is 0 Å². The van der Waals surface area contributed by atoms with Crippen molar-refractivity contribution in [1.82, 2.24) is 10.3 Å². The Hall–Kier alpha value is -0.930. The van der Waals surface area contributed by atoms with Crippen molar-refractivity contribution in [3.63, 3.8) is 0 Å². The van der Waals surface area contributed by atoms with Crippen LogP contribution < -0.4 is 5.32 Å². The molecule has 1 fully saturated rings. The van der Waals surface area contributed by atoms with Crippen molar-refractivity contribution in [2.24, 2.45) is 0 Å². The molecule has 0 bridgehead atoms. The molecule has 0 radical (unpaired) electrons. The van der Waals surface area contributed by atoms with E-state index < -0.39 is 0 Å². The van der Waals surface area contributed by atoms with Gasteiger partial charge in [0, 0.05) is 23.9 Å². The first kappa shape index (κ1) is 11.6. The van der Waals surface area contributed by atoms with Crippen molar-refractivity contribution >= 4 is 0 Å². The highest BCUT2D eigenvalue weighted by Gasteiger charge is 2.18. The van der Waals surface area contributed by atoms with Gasteiger partial charge in [-0.25, -0.2) is 0 Å². The van der Waals surface area contributed by atoms with Gasteiger partial charge >= 0.3 is 0 Å². The maximum absolute atomic E-state index is 5.44. The molecule has 0 aromatic carbocycles. The molecule has 1 aromatic rings. The van der Waals surface area contributed by atoms with Gasteiger partial charge in [0.25, 0.3) is 0 Å². The number of pyridine rings is 1. The number of hydrogen-bond donors (Lipinski definition) is 1. The van der Waals surface area contributed by atoms with E-state index in [0.29, 0.717) is 6.04 Å². The average Bonchev–Trinajstić information content (AvgIpc) is 2.29. The van der Waals surface area contributed by atoms with Gasteiger partial charge in [0.15, 0.2) is 0 Å². The molecule has 1 N–H and O–H groups in total. The molecule has 0 spiro atoms. The van der Waals surface area contributed by atoms with Crippen LogP contribution in [0.25, 0.3) is 0 Å². The molecule has 2 heterocycles. The second-order valence-corrected chi connectivity index (χ2v) is 5.31. The van der Waals surface area contributed by atoms with Crippen LogP contribution in [0.1, 0.15) is 38.1 Å². The average molecular weight is 220 g/mol. The Labute approximate surface area is 97.2 Å². The molecule has 16 heavy (non-hydrogen) atoms. The molecule has 1 aliphatic heterocycles. The fraction of sp³-hybridized carbons (Fsp3) is 0.615. The van der Waals surface area contributed by atoms with Crippen LogP contribution in [0.5, 0.6) is 0 Å². The largest absolute Gasteiger partial charge is 0.378 e. The third kappa shape index (κ3) is 2.60. The van der Waals surface area contributed by atoms with Crippen molar-refractivity contribution in [1.29, 1.82) is 0 Å². The number of nitrogens with zero attached hydrogens (tertiary/aromatic N) is 1. The molecule has 2 rings (SSSR count). The molecule has 0 saturated carbocycles. The highest BCUT2D eigenvalue weighted by molar-refractivity contribution is 5.21. The van der Waals surface area contributed by atoms with Gasteiger partial charge in [-0.05, 0) is 11.6 Å². The number of aromatic nitrogens is 1. The normalized spacial score (nSPS) is 22.1. The molecule has 88 valence electrons. The molecule has 3 nitrogen and oxygen atoms in total. The van der Waals surface area contributed by atoms with Crippen molar-refractivity contribution in [3.05, 3.63) is 29.6 Å². The topological polar surface area (TPSA) is 34.1 Å². The Balaban J connectivity index is 2.12. The van der Waals surface area contributed by atoms with Crippen LogP contribution in [0.4, 0.5) is 0 Å². The first-order valence-electron chi connectivity index (χ1n) is 5.85. The van der Waals surface area contributed by atoms with E-state index in [1.165, 1.54) is 5.56 Å². The van der Waals surface area contributed by atoms with Crippen molar-refractivity contribution in [2.45, 2.75) is 32.2 Å². The summed E-state index contributed by atoms with van der Waals surface area (Å²) in [4.78, 5) is 4.53. The third-order valence-corrected chi connectivity index (χ3v) is 2.88. The summed E-state index contributed by atoms with van der Waals surface area (Å²) < 4.78 is 5.44. The summed E-state index contributed by atoms with van der Waals surface area (Å²) in [7, 11) is 0. The van der Waals surface area contributed by atoms with Crippen LogP contribution in [-0.2, 0) is 10.2 Å². The molecule has 1 atom stereocenters. The Morgan fingerprint density at radius 1 is 1.38 bits per heavy atom. The molecule has 0 unspecified atom stereocenters. The summed E-state index contributed by atoms with van der Waals surface area (Å²) in [6, 6.07) is 4.57. The Morgan fingerprint density at radius 3 is 2.69 bits per heavy atom. The monoisotopic (exact) mass is 220 g/mol. The highest BCUT2D eigenvalue weighted by atomic mass is 16.5. The number of hydrogen-bond acceptors (Lipinski definition) is 3. The Morgan fingerprint density at radius 2 is 2.19 bits per heavy atom. The zero-order valence-corrected chi connectivity index (χ0v) is 10.3. The van der Waals surface area contributed by atoms with Crippen molar-refractivity contribution in [2.75, 3.05) is 19.8 Å². The predicted molar refractivity (Wildman–Crippen MR) is 64.5 cm³/mol. The van der Waals surface area contributed by atoms with Gasteiger partial charge in [0.1, 0.15) is 0 Å². The maximum Gasteiger partial charge on any atom is 0.0662 e.